The van der Waals surface area contributed by atoms with E-state index in [1.165, 1.54) is 4.68 Å². The van der Waals surface area contributed by atoms with Gasteiger partial charge in [-0.15, -0.1) is 5.10 Å². The van der Waals surface area contributed by atoms with Gasteiger partial charge in [0.1, 0.15) is 17.2 Å². The molecule has 0 amide bonds. The van der Waals surface area contributed by atoms with Crippen LogP contribution in [0.3, 0.4) is 0 Å². The zero-order chi connectivity index (χ0) is 23.9. The van der Waals surface area contributed by atoms with Gasteiger partial charge >= 0.3 is 0 Å². The minimum absolute atomic E-state index is 0.218. The molecular weight excluding hydrogens is 456 g/mol. The van der Waals surface area contributed by atoms with Gasteiger partial charge in [0.2, 0.25) is 5.95 Å². The lowest BCUT2D eigenvalue weighted by Gasteiger charge is -2.09. The Morgan fingerprint density at radius 1 is 0.882 bits per heavy atom. The molecule has 0 spiro atoms. The van der Waals surface area contributed by atoms with Crippen LogP contribution in [0, 0.1) is 0 Å². The number of rotatable bonds is 9. The number of hydrogen-bond acceptors (Lipinski definition) is 7. The van der Waals surface area contributed by atoms with Gasteiger partial charge in [-0.2, -0.15) is 9.67 Å². The molecule has 3 aromatic carbocycles. The third-order valence-corrected chi connectivity index (χ3v) is 5.23. The molecule has 4 rings (SSSR count). The Labute approximate surface area is 202 Å². The van der Waals surface area contributed by atoms with Crippen LogP contribution in [-0.4, -0.2) is 41.5 Å². The predicted molar refractivity (Wildman–Crippen MR) is 130 cm³/mol. The molecular formula is C25H23ClN4O4. The van der Waals surface area contributed by atoms with Gasteiger partial charge in [-0.1, -0.05) is 23.7 Å². The van der Waals surface area contributed by atoms with Crippen molar-refractivity contribution in [2.45, 2.75) is 6.54 Å². The van der Waals surface area contributed by atoms with Crippen molar-refractivity contribution in [2.75, 3.05) is 26.1 Å². The van der Waals surface area contributed by atoms with Crippen molar-refractivity contribution in [1.29, 1.82) is 0 Å². The number of hydrogen-bond donors (Lipinski definition) is 1. The van der Waals surface area contributed by atoms with E-state index in [0.29, 0.717) is 34.8 Å². The Hall–Kier alpha value is -4.04. The average molecular weight is 479 g/mol. The Balaban J connectivity index is 1.55. The molecule has 0 aliphatic rings. The first kappa shape index (κ1) is 23.1. The number of nitrogens with one attached hydrogen (secondary N) is 1. The molecule has 8 nitrogen and oxygen atoms in total. The maximum Gasteiger partial charge on any atom is 0.287 e. The molecule has 0 atom stereocenters. The number of aromatic nitrogens is 3. The third kappa shape index (κ3) is 5.65. The monoisotopic (exact) mass is 478 g/mol. The van der Waals surface area contributed by atoms with Gasteiger partial charge in [0, 0.05) is 17.1 Å². The molecule has 9 heteroatoms. The van der Waals surface area contributed by atoms with Crippen molar-refractivity contribution in [3.05, 3.63) is 83.4 Å². The number of halogens is 1. The molecule has 0 radical (unpaired) electrons. The minimum Gasteiger partial charge on any atom is -0.497 e. The van der Waals surface area contributed by atoms with E-state index in [4.69, 9.17) is 25.8 Å². The van der Waals surface area contributed by atoms with Gasteiger partial charge in [-0.3, -0.25) is 4.79 Å². The van der Waals surface area contributed by atoms with E-state index < -0.39 is 0 Å². The summed E-state index contributed by atoms with van der Waals surface area (Å²) in [7, 11) is 3.22. The molecule has 0 saturated heterocycles. The fraction of sp³-hybridized carbons (Fsp3) is 0.160. The summed E-state index contributed by atoms with van der Waals surface area (Å²) in [5.41, 5.74) is 1.74. The smallest absolute Gasteiger partial charge is 0.287 e. The van der Waals surface area contributed by atoms with Crippen molar-refractivity contribution >= 4 is 23.5 Å². The van der Waals surface area contributed by atoms with Crippen LogP contribution in [-0.2, 0) is 6.54 Å². The molecule has 0 saturated carbocycles. The van der Waals surface area contributed by atoms with Crippen LogP contribution in [0.1, 0.15) is 10.4 Å². The zero-order valence-electron chi connectivity index (χ0n) is 18.7. The lowest BCUT2D eigenvalue weighted by molar-refractivity contribution is 0.0824. The zero-order valence-corrected chi connectivity index (χ0v) is 19.5. The molecule has 34 heavy (non-hydrogen) atoms. The molecule has 0 unspecified atom stereocenters. The lowest BCUT2D eigenvalue weighted by Crippen LogP contribution is -2.22. The number of carbonyl (C=O) groups excluding carboxylic acids is 1. The van der Waals surface area contributed by atoms with E-state index in [2.05, 4.69) is 15.4 Å². The van der Waals surface area contributed by atoms with Gasteiger partial charge in [0.05, 0.1) is 14.2 Å². The molecule has 0 aliphatic carbocycles. The molecule has 0 aliphatic heterocycles. The second kappa shape index (κ2) is 10.7. The number of anilines is 1. The molecule has 174 valence electrons. The Morgan fingerprint density at radius 3 is 2.09 bits per heavy atom. The first-order valence-electron chi connectivity index (χ1n) is 10.5. The Morgan fingerprint density at radius 2 is 1.47 bits per heavy atom. The molecule has 1 aromatic heterocycles. The van der Waals surface area contributed by atoms with E-state index in [9.17, 15) is 4.79 Å². The summed E-state index contributed by atoms with van der Waals surface area (Å²) in [4.78, 5) is 17.5. The second-order valence-corrected chi connectivity index (χ2v) is 7.67. The van der Waals surface area contributed by atoms with Crippen LogP contribution >= 0.6 is 11.6 Å². The Kier molecular flexibility index (Phi) is 7.29. The van der Waals surface area contributed by atoms with Crippen LogP contribution in [0.4, 0.5) is 5.95 Å². The highest BCUT2D eigenvalue weighted by atomic mass is 35.5. The summed E-state index contributed by atoms with van der Waals surface area (Å²) >= 11 is 5.91. The first-order valence-corrected chi connectivity index (χ1v) is 10.8. The van der Waals surface area contributed by atoms with Crippen molar-refractivity contribution in [3.8, 4) is 28.6 Å². The van der Waals surface area contributed by atoms with Crippen LogP contribution in [0.5, 0.6) is 17.2 Å². The van der Waals surface area contributed by atoms with E-state index in [0.717, 1.165) is 16.9 Å². The molecule has 4 aromatic rings. The van der Waals surface area contributed by atoms with E-state index in [1.54, 1.807) is 38.5 Å². The summed E-state index contributed by atoms with van der Waals surface area (Å²) in [6.45, 7) is 0.223. The van der Waals surface area contributed by atoms with Crippen LogP contribution in [0.15, 0.2) is 72.8 Å². The number of benzene rings is 3. The number of carbonyl (C=O) groups is 1. The standard InChI is InChI=1S/C25H23ClN4O4/c1-32-20-9-3-17(4-10-20)15-27-25-28-24(18-5-11-21(33-2)12-6-18)29-30(25)23(31)16-34-22-13-7-19(26)8-14-22/h3-14H,15-16H2,1-2H3,(H,27,28,29). The van der Waals surface area contributed by atoms with Gasteiger partial charge < -0.3 is 19.5 Å². The topological polar surface area (TPSA) is 87.5 Å². The van der Waals surface area contributed by atoms with Gasteiger partial charge in [0.25, 0.3) is 5.91 Å². The number of ether oxygens (including phenoxy) is 3. The summed E-state index contributed by atoms with van der Waals surface area (Å²) in [5, 5.41) is 8.22. The fourth-order valence-electron chi connectivity index (χ4n) is 3.12. The summed E-state index contributed by atoms with van der Waals surface area (Å²) in [5.74, 6) is 2.35. The minimum atomic E-state index is -0.376. The second-order valence-electron chi connectivity index (χ2n) is 7.24. The first-order chi connectivity index (χ1) is 16.6. The maximum atomic E-state index is 13.0. The number of nitrogens with zero attached hydrogens (tertiary/aromatic N) is 3. The predicted octanol–water partition coefficient (Wildman–Crippen LogP) is 4.95. The highest BCUT2D eigenvalue weighted by molar-refractivity contribution is 6.30. The molecule has 1 N–H and O–H groups in total. The van der Waals surface area contributed by atoms with Gasteiger partial charge in [-0.25, -0.2) is 0 Å². The lowest BCUT2D eigenvalue weighted by atomic mass is 10.2. The van der Waals surface area contributed by atoms with Crippen LogP contribution < -0.4 is 19.5 Å². The largest absolute Gasteiger partial charge is 0.497 e. The van der Waals surface area contributed by atoms with Crippen molar-refractivity contribution in [3.63, 3.8) is 0 Å². The molecule has 0 fully saturated rings. The highest BCUT2D eigenvalue weighted by Gasteiger charge is 2.18. The van der Waals surface area contributed by atoms with E-state index in [1.807, 2.05) is 48.5 Å². The number of methoxy groups -OCH3 is 2. The normalized spacial score (nSPS) is 10.6. The van der Waals surface area contributed by atoms with Crippen molar-refractivity contribution in [1.82, 2.24) is 14.8 Å². The third-order valence-electron chi connectivity index (χ3n) is 4.98. The summed E-state index contributed by atoms with van der Waals surface area (Å²) in [6, 6.07) is 21.7. The van der Waals surface area contributed by atoms with E-state index in [-0.39, 0.29) is 12.5 Å². The SMILES string of the molecule is COc1ccc(CNc2nc(-c3ccc(OC)cc3)nn2C(=O)COc2ccc(Cl)cc2)cc1. The van der Waals surface area contributed by atoms with Crippen LogP contribution in [0.25, 0.3) is 11.4 Å². The van der Waals surface area contributed by atoms with Gasteiger partial charge in [0.15, 0.2) is 12.4 Å². The van der Waals surface area contributed by atoms with Crippen molar-refractivity contribution < 1.29 is 19.0 Å². The van der Waals surface area contributed by atoms with Crippen molar-refractivity contribution in [2.24, 2.45) is 0 Å². The fourth-order valence-corrected chi connectivity index (χ4v) is 3.25. The quantitative estimate of drug-likeness (QED) is 0.364. The average Bonchev–Trinajstić information content (AvgIpc) is 3.31. The Bertz CT molecular complexity index is 1240. The van der Waals surface area contributed by atoms with E-state index >= 15 is 0 Å². The molecule has 1 heterocycles. The maximum absolute atomic E-state index is 13.0. The summed E-state index contributed by atoms with van der Waals surface area (Å²) in [6.07, 6.45) is 0. The molecule has 0 bridgehead atoms. The summed E-state index contributed by atoms with van der Waals surface area (Å²) < 4.78 is 17.2. The van der Waals surface area contributed by atoms with Crippen LogP contribution in [0.2, 0.25) is 5.02 Å². The van der Waals surface area contributed by atoms with Gasteiger partial charge in [-0.05, 0) is 66.2 Å². The highest BCUT2D eigenvalue weighted by Crippen LogP contribution is 2.22.